The summed E-state index contributed by atoms with van der Waals surface area (Å²) in [7, 11) is 0. The van der Waals surface area contributed by atoms with Crippen molar-refractivity contribution in [2.45, 2.75) is 13.0 Å². The monoisotopic (exact) mass is 255 g/mol. The van der Waals surface area contributed by atoms with Crippen molar-refractivity contribution in [3.05, 3.63) is 53.4 Å². The summed E-state index contributed by atoms with van der Waals surface area (Å²) in [6.45, 7) is 0.908. The molecular weight excluding hydrogens is 243 g/mol. The van der Waals surface area contributed by atoms with Crippen LogP contribution >= 0.6 is 0 Å². The maximum atomic E-state index is 12.9. The maximum Gasteiger partial charge on any atom is 0.194 e. The number of benzene rings is 1. The average molecular weight is 255 g/mol. The lowest BCUT2D eigenvalue weighted by molar-refractivity contribution is 0.444. The summed E-state index contributed by atoms with van der Waals surface area (Å²) in [6, 6.07) is 1.98. The van der Waals surface area contributed by atoms with Gasteiger partial charge in [-0.05, 0) is 17.7 Å². The first kappa shape index (κ1) is 12.6. The zero-order valence-electron chi connectivity index (χ0n) is 9.51. The molecule has 3 nitrogen and oxygen atoms in total. The highest BCUT2D eigenvalue weighted by atomic mass is 19.2. The maximum absolute atomic E-state index is 12.9. The van der Waals surface area contributed by atoms with Crippen LogP contribution in [0.25, 0.3) is 0 Å². The topological polar surface area (TPSA) is 40.7 Å². The molecule has 0 unspecified atom stereocenters. The van der Waals surface area contributed by atoms with Crippen LogP contribution in [0.1, 0.15) is 11.3 Å². The molecule has 0 fully saturated rings. The van der Waals surface area contributed by atoms with Gasteiger partial charge in [-0.1, -0.05) is 0 Å². The Labute approximate surface area is 102 Å². The average Bonchev–Trinajstić information content (AvgIpc) is 2.84. The van der Waals surface area contributed by atoms with Gasteiger partial charge in [0, 0.05) is 31.4 Å². The molecule has 6 heteroatoms. The van der Waals surface area contributed by atoms with E-state index in [9.17, 15) is 13.2 Å². The molecule has 1 heterocycles. The summed E-state index contributed by atoms with van der Waals surface area (Å²) in [5, 5.41) is 3.01. The Kier molecular flexibility index (Phi) is 3.99. The lowest BCUT2D eigenvalue weighted by atomic mass is 10.2. The van der Waals surface area contributed by atoms with E-state index in [1.807, 2.05) is 0 Å². The van der Waals surface area contributed by atoms with E-state index in [1.165, 1.54) is 0 Å². The second kappa shape index (κ2) is 5.68. The molecule has 18 heavy (non-hydrogen) atoms. The number of halogens is 3. The molecule has 0 aliphatic heterocycles. The van der Waals surface area contributed by atoms with E-state index in [4.69, 9.17) is 0 Å². The van der Waals surface area contributed by atoms with Gasteiger partial charge in [-0.2, -0.15) is 0 Å². The van der Waals surface area contributed by atoms with Gasteiger partial charge in [0.05, 0.1) is 6.33 Å². The molecule has 0 aliphatic carbocycles. The van der Waals surface area contributed by atoms with E-state index in [0.29, 0.717) is 12.1 Å². The highest BCUT2D eigenvalue weighted by Crippen LogP contribution is 2.13. The van der Waals surface area contributed by atoms with Gasteiger partial charge in [0.1, 0.15) is 0 Å². The van der Waals surface area contributed by atoms with E-state index in [0.717, 1.165) is 24.2 Å². The third-order valence-electron chi connectivity index (χ3n) is 2.50. The van der Waals surface area contributed by atoms with Gasteiger partial charge in [0.2, 0.25) is 0 Å². The molecule has 0 spiro atoms. The highest BCUT2D eigenvalue weighted by molar-refractivity contribution is 5.19. The molecule has 96 valence electrons. The van der Waals surface area contributed by atoms with Gasteiger partial charge in [0.15, 0.2) is 17.5 Å². The molecule has 2 aromatic rings. The summed E-state index contributed by atoms with van der Waals surface area (Å²) in [5.41, 5.74) is 1.34. The van der Waals surface area contributed by atoms with Crippen LogP contribution in [-0.2, 0) is 13.0 Å². The fourth-order valence-corrected chi connectivity index (χ4v) is 1.59. The summed E-state index contributed by atoms with van der Waals surface area (Å²) < 4.78 is 38.5. The van der Waals surface area contributed by atoms with Crippen LogP contribution in [0.4, 0.5) is 13.2 Å². The molecule has 0 aliphatic rings. The minimum atomic E-state index is -1.43. The molecule has 1 aromatic carbocycles. The van der Waals surface area contributed by atoms with Crippen LogP contribution in [0.2, 0.25) is 0 Å². The van der Waals surface area contributed by atoms with Gasteiger partial charge in [-0.3, -0.25) is 0 Å². The van der Waals surface area contributed by atoms with Crippen molar-refractivity contribution in [2.24, 2.45) is 0 Å². The van der Waals surface area contributed by atoms with E-state index >= 15 is 0 Å². The summed E-state index contributed by atoms with van der Waals surface area (Å²) >= 11 is 0. The Morgan fingerprint density at radius 1 is 1.17 bits per heavy atom. The van der Waals surface area contributed by atoms with E-state index in [-0.39, 0.29) is 6.54 Å². The Morgan fingerprint density at radius 2 is 1.89 bits per heavy atom. The number of hydrogen-bond acceptors (Lipinski definition) is 2. The number of aromatic nitrogens is 2. The normalized spacial score (nSPS) is 10.8. The SMILES string of the molecule is Fc1cc(CNCCc2cnc[nH]2)cc(F)c1F. The third kappa shape index (κ3) is 3.10. The molecule has 0 bridgehead atoms. The number of H-pyrrole nitrogens is 1. The van der Waals surface area contributed by atoms with Crippen LogP contribution < -0.4 is 5.32 Å². The highest BCUT2D eigenvalue weighted by Gasteiger charge is 2.09. The molecule has 2 N–H and O–H groups in total. The first-order valence-electron chi connectivity index (χ1n) is 5.48. The number of nitrogens with one attached hydrogen (secondary N) is 2. The van der Waals surface area contributed by atoms with Crippen LogP contribution in [0.5, 0.6) is 0 Å². The second-order valence-electron chi connectivity index (χ2n) is 3.88. The molecular formula is C12H12F3N3. The molecule has 0 amide bonds. The minimum Gasteiger partial charge on any atom is -0.348 e. The van der Waals surface area contributed by atoms with Crippen molar-refractivity contribution in [1.82, 2.24) is 15.3 Å². The standard InChI is InChI=1S/C12H12F3N3/c13-10-3-8(4-11(14)12(10)15)5-16-2-1-9-6-17-7-18-9/h3-4,6-7,16H,1-2,5H2,(H,17,18). The van der Waals surface area contributed by atoms with Crippen molar-refractivity contribution < 1.29 is 13.2 Å². The molecule has 0 saturated carbocycles. The van der Waals surface area contributed by atoms with E-state index < -0.39 is 17.5 Å². The van der Waals surface area contributed by atoms with Crippen LogP contribution in [0.3, 0.4) is 0 Å². The number of imidazole rings is 1. The number of hydrogen-bond donors (Lipinski definition) is 2. The first-order chi connectivity index (χ1) is 8.66. The van der Waals surface area contributed by atoms with Gasteiger partial charge in [-0.15, -0.1) is 0 Å². The van der Waals surface area contributed by atoms with E-state index in [2.05, 4.69) is 15.3 Å². The molecule has 0 atom stereocenters. The number of nitrogens with zero attached hydrogens (tertiary/aromatic N) is 1. The van der Waals surface area contributed by atoms with Crippen LogP contribution in [0, 0.1) is 17.5 Å². The summed E-state index contributed by atoms with van der Waals surface area (Å²) in [4.78, 5) is 6.81. The lowest BCUT2D eigenvalue weighted by Gasteiger charge is -2.05. The largest absolute Gasteiger partial charge is 0.348 e. The van der Waals surface area contributed by atoms with Crippen molar-refractivity contribution in [3.8, 4) is 0 Å². The minimum absolute atomic E-state index is 0.280. The predicted molar refractivity (Wildman–Crippen MR) is 60.3 cm³/mol. The lowest BCUT2D eigenvalue weighted by Crippen LogP contribution is -2.17. The fourth-order valence-electron chi connectivity index (χ4n) is 1.59. The Bertz CT molecular complexity index is 488. The number of aromatic amines is 1. The van der Waals surface area contributed by atoms with Gasteiger partial charge >= 0.3 is 0 Å². The zero-order chi connectivity index (χ0) is 13.0. The van der Waals surface area contributed by atoms with Crippen molar-refractivity contribution in [2.75, 3.05) is 6.54 Å². The quantitative estimate of drug-likeness (QED) is 0.635. The summed E-state index contributed by atoms with van der Waals surface area (Å²) in [6.07, 6.45) is 4.02. The van der Waals surface area contributed by atoms with Gasteiger partial charge < -0.3 is 10.3 Å². The predicted octanol–water partition coefficient (Wildman–Crippen LogP) is 2.16. The fraction of sp³-hybridized carbons (Fsp3) is 0.250. The van der Waals surface area contributed by atoms with Crippen molar-refractivity contribution >= 4 is 0 Å². The third-order valence-corrected chi connectivity index (χ3v) is 2.50. The summed E-state index contributed by atoms with van der Waals surface area (Å²) in [5.74, 6) is -3.77. The first-order valence-corrected chi connectivity index (χ1v) is 5.48. The zero-order valence-corrected chi connectivity index (χ0v) is 9.51. The van der Waals surface area contributed by atoms with Gasteiger partial charge in [0.25, 0.3) is 0 Å². The van der Waals surface area contributed by atoms with Crippen molar-refractivity contribution in [1.29, 1.82) is 0 Å². The molecule has 0 radical (unpaired) electrons. The second-order valence-corrected chi connectivity index (χ2v) is 3.88. The Balaban J connectivity index is 1.83. The van der Waals surface area contributed by atoms with Crippen LogP contribution in [0.15, 0.2) is 24.7 Å². The van der Waals surface area contributed by atoms with Crippen LogP contribution in [-0.4, -0.2) is 16.5 Å². The van der Waals surface area contributed by atoms with E-state index in [1.54, 1.807) is 12.5 Å². The number of rotatable bonds is 5. The molecule has 1 aromatic heterocycles. The van der Waals surface area contributed by atoms with Crippen molar-refractivity contribution in [3.63, 3.8) is 0 Å². The Hall–Kier alpha value is -1.82. The molecule has 0 saturated heterocycles. The smallest absolute Gasteiger partial charge is 0.194 e. The Morgan fingerprint density at radius 3 is 2.50 bits per heavy atom. The van der Waals surface area contributed by atoms with Gasteiger partial charge in [-0.25, -0.2) is 18.2 Å². The molecule has 2 rings (SSSR count).